The van der Waals surface area contributed by atoms with Gasteiger partial charge in [0.25, 0.3) is 0 Å². The van der Waals surface area contributed by atoms with Gasteiger partial charge in [-0.15, -0.1) is 0 Å². The van der Waals surface area contributed by atoms with Gasteiger partial charge >= 0.3 is 0 Å². The maximum atomic E-state index is 5.86. The van der Waals surface area contributed by atoms with Crippen molar-refractivity contribution in [1.29, 1.82) is 0 Å². The molecular weight excluding hydrogens is 238 g/mol. The van der Waals surface area contributed by atoms with Crippen LogP contribution < -0.4 is 10.2 Å². The molecule has 0 radical (unpaired) electrons. The molecule has 0 spiro atoms. The SMILES string of the molecule is CCC(C)C(C)Nc1nc(Cl)nc(N(C)C)n1. The van der Waals surface area contributed by atoms with E-state index in [9.17, 15) is 0 Å². The number of hydrogen-bond donors (Lipinski definition) is 1. The molecule has 0 aliphatic rings. The minimum absolute atomic E-state index is 0.211. The predicted molar refractivity (Wildman–Crippen MR) is 71.7 cm³/mol. The first-order valence-corrected chi connectivity index (χ1v) is 6.17. The molecule has 0 saturated heterocycles. The minimum atomic E-state index is 0.211. The van der Waals surface area contributed by atoms with Crippen LogP contribution in [0.5, 0.6) is 0 Å². The maximum Gasteiger partial charge on any atom is 0.230 e. The average molecular weight is 258 g/mol. The van der Waals surface area contributed by atoms with E-state index in [-0.39, 0.29) is 5.28 Å². The number of aromatic nitrogens is 3. The van der Waals surface area contributed by atoms with Gasteiger partial charge in [-0.3, -0.25) is 0 Å². The monoisotopic (exact) mass is 257 g/mol. The highest BCUT2D eigenvalue weighted by Gasteiger charge is 2.13. The molecule has 1 aromatic rings. The van der Waals surface area contributed by atoms with E-state index < -0.39 is 0 Å². The molecule has 6 heteroatoms. The lowest BCUT2D eigenvalue weighted by atomic mass is 10.0. The van der Waals surface area contributed by atoms with Crippen molar-refractivity contribution in [3.8, 4) is 0 Å². The van der Waals surface area contributed by atoms with Crippen LogP contribution in [0.4, 0.5) is 11.9 Å². The summed E-state index contributed by atoms with van der Waals surface area (Å²) < 4.78 is 0. The molecule has 2 atom stereocenters. The Morgan fingerprint density at radius 2 is 1.88 bits per heavy atom. The van der Waals surface area contributed by atoms with Crippen molar-refractivity contribution in [1.82, 2.24) is 15.0 Å². The summed E-state index contributed by atoms with van der Waals surface area (Å²) in [7, 11) is 3.74. The molecule has 96 valence electrons. The van der Waals surface area contributed by atoms with Crippen molar-refractivity contribution in [2.24, 2.45) is 5.92 Å². The highest BCUT2D eigenvalue weighted by atomic mass is 35.5. The quantitative estimate of drug-likeness (QED) is 0.878. The Bertz CT molecular complexity index is 369. The summed E-state index contributed by atoms with van der Waals surface area (Å²) in [6, 6.07) is 0.300. The van der Waals surface area contributed by atoms with E-state index in [0.29, 0.717) is 23.9 Å². The van der Waals surface area contributed by atoms with Crippen molar-refractivity contribution in [2.45, 2.75) is 33.2 Å². The number of anilines is 2. The van der Waals surface area contributed by atoms with Crippen molar-refractivity contribution in [2.75, 3.05) is 24.3 Å². The summed E-state index contributed by atoms with van der Waals surface area (Å²) in [4.78, 5) is 14.2. The Balaban J connectivity index is 2.84. The van der Waals surface area contributed by atoms with E-state index >= 15 is 0 Å². The summed E-state index contributed by atoms with van der Waals surface area (Å²) in [5, 5.41) is 3.47. The molecule has 0 fully saturated rings. The molecule has 1 rings (SSSR count). The lowest BCUT2D eigenvalue weighted by Crippen LogP contribution is -2.25. The van der Waals surface area contributed by atoms with E-state index in [1.54, 1.807) is 4.90 Å². The van der Waals surface area contributed by atoms with E-state index in [2.05, 4.69) is 41.0 Å². The Hall–Kier alpha value is -1.10. The van der Waals surface area contributed by atoms with Gasteiger partial charge in [0.15, 0.2) is 0 Å². The van der Waals surface area contributed by atoms with Gasteiger partial charge in [0.1, 0.15) is 0 Å². The number of halogens is 1. The normalized spacial score (nSPS) is 14.2. The van der Waals surface area contributed by atoms with E-state index in [1.165, 1.54) is 0 Å². The first-order chi connectivity index (χ1) is 7.93. The second-order valence-corrected chi connectivity index (χ2v) is 4.78. The van der Waals surface area contributed by atoms with Gasteiger partial charge in [0.05, 0.1) is 0 Å². The first kappa shape index (κ1) is 14.0. The third-order valence-corrected chi connectivity index (χ3v) is 3.02. The van der Waals surface area contributed by atoms with Crippen LogP contribution in [0.15, 0.2) is 0 Å². The van der Waals surface area contributed by atoms with Gasteiger partial charge in [-0.25, -0.2) is 0 Å². The third kappa shape index (κ3) is 4.00. The lowest BCUT2D eigenvalue weighted by Gasteiger charge is -2.20. The third-order valence-electron chi connectivity index (χ3n) is 2.85. The number of nitrogens with zero attached hydrogens (tertiary/aromatic N) is 4. The largest absolute Gasteiger partial charge is 0.351 e. The van der Waals surface area contributed by atoms with E-state index in [4.69, 9.17) is 11.6 Å². The van der Waals surface area contributed by atoms with E-state index in [1.807, 2.05) is 14.1 Å². The molecule has 1 aromatic heterocycles. The molecule has 2 unspecified atom stereocenters. The predicted octanol–water partition coefficient (Wildman–Crippen LogP) is 2.44. The molecule has 0 amide bonds. The second-order valence-electron chi connectivity index (χ2n) is 4.44. The standard InChI is InChI=1S/C11H20ClN5/c1-6-7(2)8(3)13-10-14-9(12)15-11(16-10)17(4)5/h7-8H,6H2,1-5H3,(H,13,14,15,16). The summed E-state index contributed by atoms with van der Waals surface area (Å²) in [6.45, 7) is 6.46. The molecule has 0 aliphatic carbocycles. The van der Waals surface area contributed by atoms with E-state index in [0.717, 1.165) is 6.42 Å². The van der Waals surface area contributed by atoms with Gasteiger partial charge in [-0.1, -0.05) is 20.3 Å². The Morgan fingerprint density at radius 1 is 1.24 bits per heavy atom. The van der Waals surface area contributed by atoms with Crippen LogP contribution in [0.3, 0.4) is 0 Å². The molecule has 0 aromatic carbocycles. The molecule has 0 bridgehead atoms. The van der Waals surface area contributed by atoms with Gasteiger partial charge in [-0.05, 0) is 24.4 Å². The van der Waals surface area contributed by atoms with Crippen molar-refractivity contribution in [3.63, 3.8) is 0 Å². The lowest BCUT2D eigenvalue weighted by molar-refractivity contribution is 0.492. The molecule has 1 N–H and O–H groups in total. The van der Waals surface area contributed by atoms with Crippen molar-refractivity contribution < 1.29 is 0 Å². The maximum absolute atomic E-state index is 5.86. The smallest absolute Gasteiger partial charge is 0.230 e. The highest BCUT2D eigenvalue weighted by Crippen LogP contribution is 2.15. The second kappa shape index (κ2) is 6.00. The zero-order chi connectivity index (χ0) is 13.0. The van der Waals surface area contributed by atoms with Crippen LogP contribution in [0.25, 0.3) is 0 Å². The molecule has 17 heavy (non-hydrogen) atoms. The molecule has 0 aliphatic heterocycles. The van der Waals surface area contributed by atoms with Crippen LogP contribution in [-0.2, 0) is 0 Å². The number of hydrogen-bond acceptors (Lipinski definition) is 5. The first-order valence-electron chi connectivity index (χ1n) is 5.79. The Morgan fingerprint density at radius 3 is 2.41 bits per heavy atom. The van der Waals surface area contributed by atoms with Crippen LogP contribution in [0.2, 0.25) is 5.28 Å². The van der Waals surface area contributed by atoms with Crippen LogP contribution in [0, 0.1) is 5.92 Å². The zero-order valence-corrected chi connectivity index (χ0v) is 11.8. The van der Waals surface area contributed by atoms with Crippen molar-refractivity contribution in [3.05, 3.63) is 5.28 Å². The van der Waals surface area contributed by atoms with Gasteiger partial charge in [-0.2, -0.15) is 15.0 Å². The van der Waals surface area contributed by atoms with Crippen LogP contribution >= 0.6 is 11.6 Å². The van der Waals surface area contributed by atoms with Gasteiger partial charge in [0, 0.05) is 20.1 Å². The Labute approximate surface area is 108 Å². The fourth-order valence-corrected chi connectivity index (χ4v) is 1.46. The zero-order valence-electron chi connectivity index (χ0n) is 11.0. The summed E-state index contributed by atoms with van der Waals surface area (Å²) in [5.41, 5.74) is 0. The van der Waals surface area contributed by atoms with Gasteiger partial charge < -0.3 is 10.2 Å². The highest BCUT2D eigenvalue weighted by molar-refractivity contribution is 6.28. The summed E-state index contributed by atoms with van der Waals surface area (Å²) in [6.07, 6.45) is 1.10. The minimum Gasteiger partial charge on any atom is -0.351 e. The molecule has 1 heterocycles. The fraction of sp³-hybridized carbons (Fsp3) is 0.727. The topological polar surface area (TPSA) is 53.9 Å². The fourth-order valence-electron chi connectivity index (χ4n) is 1.30. The summed E-state index contributed by atoms with van der Waals surface area (Å²) >= 11 is 5.86. The number of rotatable bonds is 5. The van der Waals surface area contributed by atoms with Crippen LogP contribution in [-0.4, -0.2) is 35.1 Å². The van der Waals surface area contributed by atoms with Crippen LogP contribution in [0.1, 0.15) is 27.2 Å². The number of nitrogens with one attached hydrogen (secondary N) is 1. The molecule has 5 nitrogen and oxygen atoms in total. The average Bonchev–Trinajstić information content (AvgIpc) is 2.26. The molecule has 0 saturated carbocycles. The van der Waals surface area contributed by atoms with Crippen molar-refractivity contribution >= 4 is 23.5 Å². The summed E-state index contributed by atoms with van der Waals surface area (Å²) in [5.74, 6) is 1.64. The Kier molecular flexibility index (Phi) is 4.93. The molecular formula is C11H20ClN5. The van der Waals surface area contributed by atoms with Gasteiger partial charge in [0.2, 0.25) is 17.2 Å².